The first-order valence-electron chi connectivity index (χ1n) is 12.1. The van der Waals surface area contributed by atoms with Crippen LogP contribution in [0, 0.1) is 11.8 Å². The summed E-state index contributed by atoms with van der Waals surface area (Å²) < 4.78 is 20.7. The molecule has 1 fully saturated rings. The number of hydrogen-bond acceptors (Lipinski definition) is 4. The van der Waals surface area contributed by atoms with E-state index in [0.717, 1.165) is 43.3 Å². The Morgan fingerprint density at radius 3 is 2.69 bits per heavy atom. The first-order valence-corrected chi connectivity index (χ1v) is 12.1. The van der Waals surface area contributed by atoms with Crippen molar-refractivity contribution in [3.8, 4) is 5.75 Å². The number of pyridine rings is 1. The van der Waals surface area contributed by atoms with Crippen LogP contribution in [0.2, 0.25) is 0 Å². The number of ether oxygens (including phenoxy) is 1. The molecule has 1 N–H and O–H groups in total. The molecule has 0 saturated carbocycles. The zero-order valence-corrected chi connectivity index (χ0v) is 22.1. The average molecular weight is 538 g/mol. The van der Waals surface area contributed by atoms with Crippen molar-refractivity contribution in [2.24, 2.45) is 11.8 Å². The predicted molar refractivity (Wildman–Crippen MR) is 146 cm³/mol. The summed E-state index contributed by atoms with van der Waals surface area (Å²) in [6.45, 7) is 2.30. The number of alkyl halides is 1. The van der Waals surface area contributed by atoms with Gasteiger partial charge in [-0.15, -0.1) is 24.8 Å². The van der Waals surface area contributed by atoms with E-state index in [1.807, 2.05) is 36.4 Å². The number of rotatable bonds is 10. The number of likely N-dealkylation sites (tertiary alicyclic amines) is 1. The van der Waals surface area contributed by atoms with Crippen LogP contribution < -0.4 is 4.74 Å². The smallest absolute Gasteiger partial charge is 0.308 e. The van der Waals surface area contributed by atoms with Gasteiger partial charge in [0.1, 0.15) is 11.9 Å². The van der Waals surface area contributed by atoms with Gasteiger partial charge < -0.3 is 14.7 Å². The minimum absolute atomic E-state index is 0. The molecule has 1 aromatic heterocycles. The van der Waals surface area contributed by atoms with E-state index in [4.69, 9.17) is 4.74 Å². The molecular formula is C28H35Cl2FN2O3. The molecule has 0 radical (unpaired) electrons. The van der Waals surface area contributed by atoms with Gasteiger partial charge in [-0.1, -0.05) is 30.3 Å². The van der Waals surface area contributed by atoms with Gasteiger partial charge in [-0.2, -0.15) is 0 Å². The molecule has 0 aliphatic carbocycles. The topological polar surface area (TPSA) is 62.7 Å². The Morgan fingerprint density at radius 2 is 1.97 bits per heavy atom. The number of hydrogen-bond donors (Lipinski definition) is 1. The largest absolute Gasteiger partial charge is 0.497 e. The third kappa shape index (κ3) is 7.55. The highest BCUT2D eigenvalue weighted by Crippen LogP contribution is 2.35. The van der Waals surface area contributed by atoms with Gasteiger partial charge in [0.05, 0.1) is 18.5 Å². The van der Waals surface area contributed by atoms with E-state index < -0.39 is 18.1 Å². The van der Waals surface area contributed by atoms with E-state index in [9.17, 15) is 9.90 Å². The Hall–Kier alpha value is -2.41. The number of aryl methyl sites for hydroxylation is 1. The lowest BCUT2D eigenvalue weighted by atomic mass is 9.81. The van der Waals surface area contributed by atoms with Crippen molar-refractivity contribution in [3.63, 3.8) is 0 Å². The van der Waals surface area contributed by atoms with Crippen molar-refractivity contribution < 1.29 is 19.0 Å². The monoisotopic (exact) mass is 536 g/mol. The number of halogens is 3. The summed E-state index contributed by atoms with van der Waals surface area (Å²) in [6.07, 6.45) is 4.11. The van der Waals surface area contributed by atoms with Gasteiger partial charge in [0.2, 0.25) is 0 Å². The molecule has 2 aromatic carbocycles. The van der Waals surface area contributed by atoms with Crippen LogP contribution in [0.25, 0.3) is 10.9 Å². The van der Waals surface area contributed by atoms with E-state index in [1.54, 1.807) is 19.4 Å². The van der Waals surface area contributed by atoms with E-state index >= 15 is 4.39 Å². The van der Waals surface area contributed by atoms with Crippen molar-refractivity contribution in [2.75, 3.05) is 26.7 Å². The van der Waals surface area contributed by atoms with E-state index in [-0.39, 0.29) is 30.7 Å². The molecule has 2 heterocycles. The van der Waals surface area contributed by atoms with Gasteiger partial charge in [-0.05, 0) is 86.5 Å². The average Bonchev–Trinajstić information content (AvgIpc) is 2.87. The second kappa shape index (κ2) is 14.4. The van der Waals surface area contributed by atoms with Gasteiger partial charge in [-0.25, -0.2) is 4.39 Å². The van der Waals surface area contributed by atoms with Crippen molar-refractivity contribution in [2.45, 2.75) is 38.3 Å². The summed E-state index contributed by atoms with van der Waals surface area (Å²) in [5.74, 6) is -0.567. The van der Waals surface area contributed by atoms with Crippen LogP contribution in [0.1, 0.15) is 43.0 Å². The normalized spacial score (nSPS) is 18.6. The molecule has 5 nitrogen and oxygen atoms in total. The van der Waals surface area contributed by atoms with Crippen molar-refractivity contribution >= 4 is 41.7 Å². The summed E-state index contributed by atoms with van der Waals surface area (Å²) in [5.41, 5.74) is 2.63. The van der Waals surface area contributed by atoms with E-state index in [0.29, 0.717) is 30.7 Å². The summed E-state index contributed by atoms with van der Waals surface area (Å²) in [4.78, 5) is 18.6. The van der Waals surface area contributed by atoms with Crippen LogP contribution in [-0.2, 0) is 11.2 Å². The molecule has 1 saturated heterocycles. The maximum atomic E-state index is 15.4. The van der Waals surface area contributed by atoms with Crippen LogP contribution >= 0.6 is 24.8 Å². The lowest BCUT2D eigenvalue weighted by Crippen LogP contribution is -2.44. The highest BCUT2D eigenvalue weighted by molar-refractivity contribution is 5.85. The number of methoxy groups -OCH3 is 1. The molecule has 196 valence electrons. The number of nitrogens with zero attached hydrogens (tertiary/aromatic N) is 2. The van der Waals surface area contributed by atoms with Crippen LogP contribution in [0.4, 0.5) is 4.39 Å². The number of carboxylic acids is 1. The second-order valence-corrected chi connectivity index (χ2v) is 9.21. The highest BCUT2D eigenvalue weighted by Gasteiger charge is 2.34. The Kier molecular flexibility index (Phi) is 11.9. The van der Waals surface area contributed by atoms with E-state index in [2.05, 4.69) is 22.0 Å². The molecule has 8 heteroatoms. The fourth-order valence-corrected chi connectivity index (χ4v) is 5.11. The molecule has 1 aliphatic rings. The van der Waals surface area contributed by atoms with Crippen LogP contribution in [0.15, 0.2) is 60.8 Å². The predicted octanol–water partition coefficient (Wildman–Crippen LogP) is 6.53. The quantitative estimate of drug-likeness (QED) is 0.319. The fraction of sp³-hybridized carbons (Fsp3) is 0.429. The molecule has 0 amide bonds. The van der Waals surface area contributed by atoms with Gasteiger partial charge in [-0.3, -0.25) is 9.78 Å². The molecule has 0 bridgehead atoms. The summed E-state index contributed by atoms with van der Waals surface area (Å²) >= 11 is 0. The number of aliphatic carboxylic acids is 1. The van der Waals surface area contributed by atoms with E-state index in [1.165, 1.54) is 5.56 Å². The second-order valence-electron chi connectivity index (χ2n) is 9.21. The van der Waals surface area contributed by atoms with Gasteiger partial charge >= 0.3 is 5.97 Å². The zero-order chi connectivity index (χ0) is 23.9. The lowest BCUT2D eigenvalue weighted by molar-refractivity contribution is -0.146. The Balaban J connectivity index is 0.00000228. The van der Waals surface area contributed by atoms with Crippen molar-refractivity contribution in [1.82, 2.24) is 9.88 Å². The van der Waals surface area contributed by atoms with Crippen LogP contribution in [0.5, 0.6) is 5.75 Å². The van der Waals surface area contributed by atoms with Gasteiger partial charge in [0.15, 0.2) is 0 Å². The molecule has 4 rings (SSSR count). The molecule has 0 unspecified atom stereocenters. The number of aromatic nitrogens is 1. The third-order valence-corrected chi connectivity index (χ3v) is 7.05. The van der Waals surface area contributed by atoms with Crippen LogP contribution in [-0.4, -0.2) is 47.7 Å². The van der Waals surface area contributed by atoms with Gasteiger partial charge in [0.25, 0.3) is 0 Å². The number of fused-ring (bicyclic) bond motifs is 1. The molecular weight excluding hydrogens is 502 g/mol. The number of piperidine rings is 1. The van der Waals surface area contributed by atoms with Crippen molar-refractivity contribution in [1.29, 1.82) is 0 Å². The molecule has 3 atom stereocenters. The summed E-state index contributed by atoms with van der Waals surface area (Å²) in [5, 5.41) is 10.6. The zero-order valence-electron chi connectivity index (χ0n) is 20.5. The SMILES string of the molecule is COc1ccc2nccc([C@H](F)CC[C@@H]3CCN(CCCc4ccccc4)C[C@@H]3C(=O)O)c2c1.Cl.Cl. The standard InChI is InChI=1S/C28H33FN2O3.2ClH/c1-34-22-10-12-27-24(18-22)23(13-15-30-27)26(29)11-9-21-14-17-31(19-25(21)28(32)33)16-5-8-20-6-3-2-4-7-20;;/h2-4,6-7,10,12-13,15,18,21,25-26H,5,8-9,11,14,16-17,19H2,1H3,(H,32,33);2*1H/t21-,25+,26-;;/m1../s1. The fourth-order valence-electron chi connectivity index (χ4n) is 5.11. The third-order valence-electron chi connectivity index (χ3n) is 7.05. The summed E-state index contributed by atoms with van der Waals surface area (Å²) in [6, 6.07) is 17.5. The summed E-state index contributed by atoms with van der Waals surface area (Å²) in [7, 11) is 1.59. The number of carboxylic acid groups (broad SMARTS) is 1. The van der Waals surface area contributed by atoms with Crippen LogP contribution in [0.3, 0.4) is 0 Å². The lowest BCUT2D eigenvalue weighted by Gasteiger charge is -2.37. The molecule has 36 heavy (non-hydrogen) atoms. The maximum Gasteiger partial charge on any atom is 0.308 e. The highest BCUT2D eigenvalue weighted by atomic mass is 35.5. The molecule has 3 aromatic rings. The number of carbonyl (C=O) groups is 1. The number of benzene rings is 2. The van der Waals surface area contributed by atoms with Crippen molar-refractivity contribution in [3.05, 3.63) is 71.9 Å². The molecule has 0 spiro atoms. The minimum Gasteiger partial charge on any atom is -0.497 e. The Labute approximate surface area is 224 Å². The Bertz CT molecular complexity index is 1100. The first kappa shape index (κ1) is 29.8. The van der Waals surface area contributed by atoms with Gasteiger partial charge in [0, 0.05) is 18.1 Å². The maximum absolute atomic E-state index is 15.4. The Morgan fingerprint density at radius 1 is 1.19 bits per heavy atom. The molecule has 1 aliphatic heterocycles. The first-order chi connectivity index (χ1) is 16.5. The minimum atomic E-state index is -1.17.